The predicted octanol–water partition coefficient (Wildman–Crippen LogP) is 2.01. The lowest BCUT2D eigenvalue weighted by atomic mass is 10.0. The molecule has 2 aromatic heterocycles. The van der Waals surface area contributed by atoms with Crippen LogP contribution in [0.5, 0.6) is 0 Å². The molecule has 138 valence electrons. The quantitative estimate of drug-likeness (QED) is 0.734. The number of H-pyrrole nitrogens is 1. The highest BCUT2D eigenvalue weighted by atomic mass is 16.5. The number of rotatable bonds is 6. The maximum atomic E-state index is 12.4. The van der Waals surface area contributed by atoms with Gasteiger partial charge in [-0.15, -0.1) is 0 Å². The lowest BCUT2D eigenvalue weighted by Crippen LogP contribution is -2.37. The second-order valence-electron chi connectivity index (χ2n) is 6.85. The molecule has 1 fully saturated rings. The number of nitrogens with one attached hydrogen (secondary N) is 1. The summed E-state index contributed by atoms with van der Waals surface area (Å²) in [6.07, 6.45) is 5.80. The molecule has 1 N–H and O–H groups in total. The summed E-state index contributed by atoms with van der Waals surface area (Å²) < 4.78 is 9.25. The first-order chi connectivity index (χ1) is 12.8. The van der Waals surface area contributed by atoms with Crippen molar-refractivity contribution in [2.24, 2.45) is 0 Å². The van der Waals surface area contributed by atoms with Gasteiger partial charge in [-0.2, -0.15) is 0 Å². The summed E-state index contributed by atoms with van der Waals surface area (Å²) in [5, 5.41) is 0. The van der Waals surface area contributed by atoms with Crippen molar-refractivity contribution in [2.45, 2.75) is 32.0 Å². The van der Waals surface area contributed by atoms with Crippen molar-refractivity contribution >= 4 is 11.0 Å². The van der Waals surface area contributed by atoms with Gasteiger partial charge >= 0.3 is 5.69 Å². The number of hydrogen-bond donors (Lipinski definition) is 1. The Morgan fingerprint density at radius 2 is 2.08 bits per heavy atom. The van der Waals surface area contributed by atoms with Crippen molar-refractivity contribution in [3.63, 3.8) is 0 Å². The molecule has 1 aromatic carbocycles. The minimum Gasteiger partial charge on any atom is -0.383 e. The lowest BCUT2D eigenvalue weighted by molar-refractivity contribution is 0.167. The highest BCUT2D eigenvalue weighted by Gasteiger charge is 2.24. The van der Waals surface area contributed by atoms with Gasteiger partial charge in [0.25, 0.3) is 0 Å². The fourth-order valence-electron chi connectivity index (χ4n) is 3.86. The van der Waals surface area contributed by atoms with Crippen LogP contribution >= 0.6 is 0 Å². The van der Waals surface area contributed by atoms with Crippen LogP contribution in [0, 0.1) is 0 Å². The monoisotopic (exact) mass is 355 g/mol. The Kier molecular flexibility index (Phi) is 4.90. The van der Waals surface area contributed by atoms with E-state index in [-0.39, 0.29) is 11.7 Å². The average molecular weight is 355 g/mol. The molecule has 1 saturated heterocycles. The smallest absolute Gasteiger partial charge is 0.326 e. The van der Waals surface area contributed by atoms with Crippen molar-refractivity contribution in [3.8, 4) is 0 Å². The average Bonchev–Trinajstić information content (AvgIpc) is 3.23. The van der Waals surface area contributed by atoms with Gasteiger partial charge in [0.2, 0.25) is 0 Å². The zero-order chi connectivity index (χ0) is 17.9. The number of nitrogens with zero attached hydrogens (tertiary/aromatic N) is 4. The number of piperidine rings is 1. The summed E-state index contributed by atoms with van der Waals surface area (Å²) in [6.45, 7) is 4.29. The van der Waals surface area contributed by atoms with E-state index >= 15 is 0 Å². The summed E-state index contributed by atoms with van der Waals surface area (Å²) in [4.78, 5) is 22.3. The first-order valence-electron chi connectivity index (χ1n) is 9.17. The van der Waals surface area contributed by atoms with E-state index < -0.39 is 0 Å². The molecule has 0 amide bonds. The molecular formula is C19H25N5O2. The van der Waals surface area contributed by atoms with Gasteiger partial charge in [0.05, 0.1) is 24.2 Å². The third-order valence-corrected chi connectivity index (χ3v) is 5.25. The number of imidazole rings is 2. The number of likely N-dealkylation sites (tertiary alicyclic amines) is 1. The van der Waals surface area contributed by atoms with Gasteiger partial charge in [0.1, 0.15) is 5.82 Å². The number of benzene rings is 1. The van der Waals surface area contributed by atoms with Gasteiger partial charge in [-0.05, 0) is 25.0 Å². The van der Waals surface area contributed by atoms with Crippen molar-refractivity contribution in [2.75, 3.05) is 26.8 Å². The van der Waals surface area contributed by atoms with Gasteiger partial charge in [0, 0.05) is 45.2 Å². The molecule has 7 nitrogen and oxygen atoms in total. The third kappa shape index (κ3) is 3.32. The maximum absolute atomic E-state index is 12.4. The molecule has 4 rings (SSSR count). The van der Waals surface area contributed by atoms with Crippen LogP contribution in [-0.4, -0.2) is 50.8 Å². The Hall–Kier alpha value is -2.38. The van der Waals surface area contributed by atoms with E-state index in [4.69, 9.17) is 4.74 Å². The van der Waals surface area contributed by atoms with E-state index in [1.54, 1.807) is 7.11 Å². The van der Waals surface area contributed by atoms with Crippen molar-refractivity contribution in [3.05, 3.63) is 53.0 Å². The van der Waals surface area contributed by atoms with Crippen LogP contribution in [-0.2, 0) is 17.8 Å². The summed E-state index contributed by atoms with van der Waals surface area (Å²) in [6, 6.07) is 8.18. The van der Waals surface area contributed by atoms with Crippen molar-refractivity contribution in [1.29, 1.82) is 0 Å². The van der Waals surface area contributed by atoms with Crippen LogP contribution in [0.1, 0.15) is 24.7 Å². The van der Waals surface area contributed by atoms with Crippen LogP contribution in [0.2, 0.25) is 0 Å². The molecule has 1 aliphatic rings. The molecule has 26 heavy (non-hydrogen) atoms. The van der Waals surface area contributed by atoms with Gasteiger partial charge in [-0.25, -0.2) is 9.78 Å². The summed E-state index contributed by atoms with van der Waals surface area (Å²) in [5.74, 6) is 1.07. The molecular weight excluding hydrogens is 330 g/mol. The SMILES string of the molecule is COCCn1ccnc1CN1CCC(n2c(=O)[nH]c3ccccc32)CC1. The van der Waals surface area contributed by atoms with E-state index in [1.165, 1.54) is 0 Å². The number of fused-ring (bicyclic) bond motifs is 1. The fourth-order valence-corrected chi connectivity index (χ4v) is 3.86. The molecule has 0 spiro atoms. The Morgan fingerprint density at radius 3 is 2.88 bits per heavy atom. The van der Waals surface area contributed by atoms with Crippen LogP contribution in [0.3, 0.4) is 0 Å². The molecule has 0 radical (unpaired) electrons. The summed E-state index contributed by atoms with van der Waals surface area (Å²) in [5.41, 5.74) is 1.92. The topological polar surface area (TPSA) is 68.1 Å². The minimum atomic E-state index is -0.000223. The van der Waals surface area contributed by atoms with Gasteiger partial charge < -0.3 is 14.3 Å². The Balaban J connectivity index is 1.42. The Bertz CT molecular complexity index is 917. The van der Waals surface area contributed by atoms with Crippen molar-refractivity contribution < 1.29 is 4.74 Å². The second-order valence-corrected chi connectivity index (χ2v) is 6.85. The molecule has 0 saturated carbocycles. The number of para-hydroxylation sites is 2. The molecule has 3 heterocycles. The van der Waals surface area contributed by atoms with E-state index in [1.807, 2.05) is 41.2 Å². The molecule has 1 aliphatic heterocycles. The third-order valence-electron chi connectivity index (χ3n) is 5.25. The highest BCUT2D eigenvalue weighted by molar-refractivity contribution is 5.75. The normalized spacial score (nSPS) is 16.5. The van der Waals surface area contributed by atoms with E-state index in [0.717, 1.165) is 55.9 Å². The van der Waals surface area contributed by atoms with E-state index in [9.17, 15) is 4.79 Å². The molecule has 0 unspecified atom stereocenters. The number of aromatic nitrogens is 4. The largest absolute Gasteiger partial charge is 0.383 e. The summed E-state index contributed by atoms with van der Waals surface area (Å²) >= 11 is 0. The predicted molar refractivity (Wildman–Crippen MR) is 100 cm³/mol. The fraction of sp³-hybridized carbons (Fsp3) is 0.474. The Morgan fingerprint density at radius 1 is 1.27 bits per heavy atom. The molecule has 0 bridgehead atoms. The lowest BCUT2D eigenvalue weighted by Gasteiger charge is -2.32. The first-order valence-corrected chi connectivity index (χ1v) is 9.17. The highest BCUT2D eigenvalue weighted by Crippen LogP contribution is 2.25. The molecule has 3 aromatic rings. The molecule has 0 aliphatic carbocycles. The van der Waals surface area contributed by atoms with Crippen LogP contribution < -0.4 is 5.69 Å². The van der Waals surface area contributed by atoms with Crippen LogP contribution in [0.25, 0.3) is 11.0 Å². The minimum absolute atomic E-state index is 0.000223. The zero-order valence-electron chi connectivity index (χ0n) is 15.1. The first kappa shape index (κ1) is 17.1. The maximum Gasteiger partial charge on any atom is 0.326 e. The van der Waals surface area contributed by atoms with Crippen LogP contribution in [0.4, 0.5) is 0 Å². The zero-order valence-corrected chi connectivity index (χ0v) is 15.1. The number of hydrogen-bond acceptors (Lipinski definition) is 4. The molecule has 0 atom stereocenters. The van der Waals surface area contributed by atoms with Gasteiger partial charge in [-0.3, -0.25) is 9.47 Å². The number of methoxy groups -OCH3 is 1. The summed E-state index contributed by atoms with van der Waals surface area (Å²) in [7, 11) is 1.72. The van der Waals surface area contributed by atoms with E-state index in [2.05, 4.69) is 19.4 Å². The Labute approximate surface area is 152 Å². The van der Waals surface area contributed by atoms with Gasteiger partial charge in [-0.1, -0.05) is 12.1 Å². The second kappa shape index (κ2) is 7.47. The van der Waals surface area contributed by atoms with Crippen molar-refractivity contribution in [1.82, 2.24) is 24.0 Å². The standard InChI is InChI=1S/C19H25N5O2/c1-26-13-12-23-11-8-20-18(23)14-22-9-6-15(7-10-22)24-17-5-3-2-4-16(17)21-19(24)25/h2-5,8,11,15H,6-7,9-10,12-14H2,1H3,(H,21,25). The van der Waals surface area contributed by atoms with Crippen LogP contribution in [0.15, 0.2) is 41.5 Å². The molecule has 7 heteroatoms. The number of aromatic amines is 1. The van der Waals surface area contributed by atoms with Gasteiger partial charge in [0.15, 0.2) is 0 Å². The van der Waals surface area contributed by atoms with E-state index in [0.29, 0.717) is 6.61 Å². The number of ether oxygens (including phenoxy) is 1.